The zero-order chi connectivity index (χ0) is 21.3. The van der Waals surface area contributed by atoms with Crippen LogP contribution >= 0.6 is 0 Å². The first-order chi connectivity index (χ1) is 15.3. The van der Waals surface area contributed by atoms with Crippen LogP contribution in [0, 0.1) is 19.1 Å². The molecule has 0 N–H and O–H groups in total. The van der Waals surface area contributed by atoms with Crippen molar-refractivity contribution in [2.75, 3.05) is 0 Å². The van der Waals surface area contributed by atoms with Gasteiger partial charge in [0.25, 0.3) is 0 Å². The Labute approximate surface area is 204 Å². The minimum absolute atomic E-state index is 0. The molecule has 32 heavy (non-hydrogen) atoms. The van der Waals surface area contributed by atoms with E-state index in [-0.39, 0.29) is 20.1 Å². The Balaban J connectivity index is 0.000000193. The van der Waals surface area contributed by atoms with Crippen LogP contribution in [0.5, 0.6) is 0 Å². The Hall–Kier alpha value is -3.13. The van der Waals surface area contributed by atoms with Gasteiger partial charge in [0.15, 0.2) is 0 Å². The number of allylic oxidation sites excluding steroid dienone is 4. The third kappa shape index (κ3) is 6.20. The van der Waals surface area contributed by atoms with E-state index in [1.165, 1.54) is 11.1 Å². The maximum atomic E-state index is 4.60. The molecule has 2 aromatic heterocycles. The van der Waals surface area contributed by atoms with Gasteiger partial charge in [0.05, 0.1) is 0 Å². The summed E-state index contributed by atoms with van der Waals surface area (Å²) in [5, 5.41) is 0. The van der Waals surface area contributed by atoms with Crippen molar-refractivity contribution >= 4 is 0 Å². The number of benzene rings is 2. The second-order valence-corrected chi connectivity index (χ2v) is 7.35. The van der Waals surface area contributed by atoms with Crippen molar-refractivity contribution in [2.45, 2.75) is 19.3 Å². The van der Waals surface area contributed by atoms with E-state index in [1.807, 2.05) is 72.9 Å². The molecule has 0 saturated heterocycles. The van der Waals surface area contributed by atoms with Crippen molar-refractivity contribution in [3.05, 3.63) is 133 Å². The number of aromatic nitrogens is 2. The molecule has 1 aliphatic rings. The predicted molar refractivity (Wildman–Crippen MR) is 127 cm³/mol. The molecule has 2 nitrogen and oxygen atoms in total. The molecule has 1 aliphatic carbocycles. The average Bonchev–Trinajstić information content (AvgIpc) is 2.86. The summed E-state index contributed by atoms with van der Waals surface area (Å²) in [4.78, 5) is 8.81. The van der Waals surface area contributed by atoms with Crippen molar-refractivity contribution in [1.82, 2.24) is 9.97 Å². The predicted octanol–water partition coefficient (Wildman–Crippen LogP) is 7.00. The molecular formula is C29H24IrN2-2. The Morgan fingerprint density at radius 1 is 0.812 bits per heavy atom. The van der Waals surface area contributed by atoms with Gasteiger partial charge in [-0.3, -0.25) is 0 Å². The first-order valence-electron chi connectivity index (χ1n) is 10.5. The van der Waals surface area contributed by atoms with Crippen molar-refractivity contribution in [2.24, 2.45) is 0 Å². The summed E-state index contributed by atoms with van der Waals surface area (Å²) < 4.78 is 0. The van der Waals surface area contributed by atoms with Gasteiger partial charge < -0.3 is 9.97 Å². The molecule has 2 heterocycles. The molecule has 5 rings (SSSR count). The number of nitrogens with zero attached hydrogens (tertiary/aromatic N) is 2. The van der Waals surface area contributed by atoms with E-state index >= 15 is 0 Å². The number of hydrogen-bond donors (Lipinski definition) is 0. The second-order valence-electron chi connectivity index (χ2n) is 7.35. The van der Waals surface area contributed by atoms with E-state index in [4.69, 9.17) is 0 Å². The Bertz CT molecular complexity index is 1120. The molecule has 1 unspecified atom stereocenters. The number of aryl methyl sites for hydroxylation is 1. The van der Waals surface area contributed by atoms with E-state index in [9.17, 15) is 0 Å². The summed E-state index contributed by atoms with van der Waals surface area (Å²) in [5.41, 5.74) is 6.68. The summed E-state index contributed by atoms with van der Waals surface area (Å²) in [7, 11) is 0. The van der Waals surface area contributed by atoms with Gasteiger partial charge in [0.2, 0.25) is 0 Å². The minimum Gasteiger partial charge on any atom is -0.305 e. The maximum absolute atomic E-state index is 4.60. The first kappa shape index (κ1) is 23.5. The summed E-state index contributed by atoms with van der Waals surface area (Å²) in [6.07, 6.45) is 13.5. The van der Waals surface area contributed by atoms with E-state index in [1.54, 1.807) is 6.20 Å². The zero-order valence-electron chi connectivity index (χ0n) is 17.9. The third-order valence-corrected chi connectivity index (χ3v) is 5.17. The number of hydrogen-bond acceptors (Lipinski definition) is 2. The van der Waals surface area contributed by atoms with Gasteiger partial charge in [-0.25, -0.2) is 0 Å². The van der Waals surface area contributed by atoms with Crippen LogP contribution in [0.2, 0.25) is 0 Å². The van der Waals surface area contributed by atoms with Gasteiger partial charge in [0, 0.05) is 38.4 Å². The Morgan fingerprint density at radius 2 is 1.53 bits per heavy atom. The quantitative estimate of drug-likeness (QED) is 0.240. The van der Waals surface area contributed by atoms with Crippen LogP contribution in [0.15, 0.2) is 109 Å². The molecule has 0 aliphatic heterocycles. The van der Waals surface area contributed by atoms with E-state index in [0.29, 0.717) is 5.92 Å². The van der Waals surface area contributed by atoms with Crippen LogP contribution in [-0.2, 0) is 20.1 Å². The molecule has 4 aromatic rings. The SMILES string of the molecule is Cc1cc(-c2[c-]cccc2)ncc1C1C=CC=CC1.[Ir].[c-]1ccccc1-c1ccccn1. The fourth-order valence-electron chi connectivity index (χ4n) is 3.54. The fraction of sp³-hybridized carbons (Fsp3) is 0.103. The minimum atomic E-state index is 0. The van der Waals surface area contributed by atoms with Crippen LogP contribution in [-0.4, -0.2) is 9.97 Å². The molecule has 161 valence electrons. The van der Waals surface area contributed by atoms with Crippen molar-refractivity contribution in [3.63, 3.8) is 0 Å². The molecule has 1 atom stereocenters. The van der Waals surface area contributed by atoms with Crippen molar-refractivity contribution < 1.29 is 20.1 Å². The summed E-state index contributed by atoms with van der Waals surface area (Å²) >= 11 is 0. The van der Waals surface area contributed by atoms with Gasteiger partial charge in [-0.15, -0.1) is 71.8 Å². The molecular weight excluding hydrogens is 569 g/mol. The van der Waals surface area contributed by atoms with Crippen LogP contribution in [0.4, 0.5) is 0 Å². The van der Waals surface area contributed by atoms with Crippen molar-refractivity contribution in [3.8, 4) is 22.5 Å². The number of rotatable bonds is 3. The normalized spacial score (nSPS) is 14.1. The first-order valence-corrected chi connectivity index (χ1v) is 10.5. The molecule has 3 heteroatoms. The van der Waals surface area contributed by atoms with Gasteiger partial charge in [0.1, 0.15) is 0 Å². The van der Waals surface area contributed by atoms with Crippen LogP contribution < -0.4 is 0 Å². The van der Waals surface area contributed by atoms with Gasteiger partial charge >= 0.3 is 0 Å². The molecule has 0 saturated carbocycles. The molecule has 2 aromatic carbocycles. The largest absolute Gasteiger partial charge is 0.305 e. The molecule has 1 radical (unpaired) electrons. The van der Waals surface area contributed by atoms with Gasteiger partial charge in [-0.05, 0) is 36.4 Å². The Kier molecular flexibility index (Phi) is 8.86. The second kappa shape index (κ2) is 12.0. The van der Waals surface area contributed by atoms with Crippen LogP contribution in [0.3, 0.4) is 0 Å². The van der Waals surface area contributed by atoms with Crippen molar-refractivity contribution in [1.29, 1.82) is 0 Å². The zero-order valence-corrected chi connectivity index (χ0v) is 20.3. The summed E-state index contributed by atoms with van der Waals surface area (Å²) in [6, 6.07) is 30.2. The third-order valence-electron chi connectivity index (χ3n) is 5.17. The maximum Gasteiger partial charge on any atom is 0.0201 e. The van der Waals surface area contributed by atoms with Gasteiger partial charge in [-0.2, -0.15) is 0 Å². The smallest absolute Gasteiger partial charge is 0.0201 e. The summed E-state index contributed by atoms with van der Waals surface area (Å²) in [5.74, 6) is 0.464. The molecule has 0 amide bonds. The molecule has 0 bridgehead atoms. The summed E-state index contributed by atoms with van der Waals surface area (Å²) in [6.45, 7) is 2.16. The van der Waals surface area contributed by atoms with Gasteiger partial charge in [-0.1, -0.05) is 48.1 Å². The standard InChI is InChI=1S/C18H16N.C11H8N.Ir/c1-14-12-18(16-10-6-3-7-11-16)19-13-17(14)15-8-4-2-5-9-15;1-2-6-10(7-3-1)11-8-4-5-9-12-11;/h2-8,10,12-13,15H,9H2,1H3;1-6,8-9H;/q2*-1;. The molecule has 0 fully saturated rings. The van der Waals surface area contributed by atoms with E-state index in [2.05, 4.69) is 59.4 Å². The monoisotopic (exact) mass is 593 g/mol. The number of pyridine rings is 2. The van der Waals surface area contributed by atoms with Crippen LogP contribution in [0.25, 0.3) is 22.5 Å². The van der Waals surface area contributed by atoms with Crippen LogP contribution in [0.1, 0.15) is 23.5 Å². The fourth-order valence-corrected chi connectivity index (χ4v) is 3.54. The van der Waals surface area contributed by atoms with E-state index in [0.717, 1.165) is 28.9 Å². The topological polar surface area (TPSA) is 25.8 Å². The van der Waals surface area contributed by atoms with E-state index < -0.39 is 0 Å². The Morgan fingerprint density at radius 3 is 2.09 bits per heavy atom. The molecule has 0 spiro atoms. The average molecular weight is 593 g/mol.